The van der Waals surface area contributed by atoms with E-state index in [2.05, 4.69) is 15.3 Å². The van der Waals surface area contributed by atoms with Crippen LogP contribution in [0.5, 0.6) is 0 Å². The summed E-state index contributed by atoms with van der Waals surface area (Å²) in [5, 5.41) is 4.06. The summed E-state index contributed by atoms with van der Waals surface area (Å²) in [6, 6.07) is 9.40. The topological polar surface area (TPSA) is 81.2 Å². The number of para-hydroxylation sites is 1. The minimum Gasteiger partial charge on any atom is -0.452 e. The van der Waals surface area contributed by atoms with Crippen molar-refractivity contribution in [2.75, 3.05) is 11.9 Å². The lowest BCUT2D eigenvalue weighted by atomic mass is 10.1. The van der Waals surface area contributed by atoms with Crippen molar-refractivity contribution in [3.8, 4) is 0 Å². The van der Waals surface area contributed by atoms with Gasteiger partial charge in [-0.15, -0.1) is 0 Å². The van der Waals surface area contributed by atoms with Crippen molar-refractivity contribution in [3.05, 3.63) is 70.0 Å². The molecule has 0 aliphatic rings. The smallest absolute Gasteiger partial charge is 0.331 e. The van der Waals surface area contributed by atoms with Crippen LogP contribution < -0.4 is 5.32 Å². The maximum absolute atomic E-state index is 12.0. The number of hydrogen-bond acceptors (Lipinski definition) is 5. The first-order valence-corrected chi connectivity index (χ1v) is 9.00. The average Bonchev–Trinajstić information content (AvgIpc) is 2.71. The summed E-state index contributed by atoms with van der Waals surface area (Å²) < 4.78 is 4.95. The molecule has 28 heavy (non-hydrogen) atoms. The monoisotopic (exact) mass is 415 g/mol. The first-order valence-electron chi connectivity index (χ1n) is 8.24. The van der Waals surface area contributed by atoms with Gasteiger partial charge in [-0.25, -0.2) is 9.78 Å². The number of carbonyl (C=O) groups excluding carboxylic acids is 2. The van der Waals surface area contributed by atoms with Crippen LogP contribution in [0.3, 0.4) is 0 Å². The third-order valence-electron chi connectivity index (χ3n) is 3.87. The van der Waals surface area contributed by atoms with E-state index in [1.807, 2.05) is 30.3 Å². The predicted molar refractivity (Wildman–Crippen MR) is 109 cm³/mol. The Morgan fingerprint density at radius 1 is 1.18 bits per heavy atom. The van der Waals surface area contributed by atoms with Crippen molar-refractivity contribution in [1.29, 1.82) is 0 Å². The second-order valence-corrected chi connectivity index (χ2v) is 6.59. The molecule has 6 nitrogen and oxygen atoms in total. The van der Waals surface area contributed by atoms with Gasteiger partial charge in [-0.05, 0) is 24.6 Å². The highest BCUT2D eigenvalue weighted by atomic mass is 35.5. The van der Waals surface area contributed by atoms with Gasteiger partial charge in [0.05, 0.1) is 15.6 Å². The molecule has 8 heteroatoms. The normalized spacial score (nSPS) is 11.0. The number of carbonyl (C=O) groups is 2. The number of esters is 1. The highest BCUT2D eigenvalue weighted by Gasteiger charge is 2.12. The van der Waals surface area contributed by atoms with Gasteiger partial charge in [0.25, 0.3) is 5.91 Å². The Bertz CT molecular complexity index is 1080. The molecule has 3 rings (SSSR count). The molecule has 0 radical (unpaired) electrons. The third kappa shape index (κ3) is 4.65. The van der Waals surface area contributed by atoms with E-state index in [-0.39, 0.29) is 10.8 Å². The van der Waals surface area contributed by atoms with Crippen molar-refractivity contribution in [2.24, 2.45) is 0 Å². The standard InChI is InChI=1S/C20H15Cl2N3O3/c1-12-15(21)10-24-20(18(12)22)25-16(26)11-28-17(27)8-7-14-5-2-4-13-6-3-9-23-19(13)14/h2-10H,11H2,1H3,(H,24,25,26). The number of fused-ring (bicyclic) bond motifs is 1. The molecule has 142 valence electrons. The minimum absolute atomic E-state index is 0.155. The van der Waals surface area contributed by atoms with E-state index in [0.29, 0.717) is 10.6 Å². The number of anilines is 1. The molecule has 3 aromatic rings. The summed E-state index contributed by atoms with van der Waals surface area (Å²) in [6.45, 7) is 1.23. The molecule has 1 aromatic carbocycles. The van der Waals surface area contributed by atoms with Gasteiger partial charge in [0.15, 0.2) is 12.4 Å². The van der Waals surface area contributed by atoms with Crippen LogP contribution in [0.1, 0.15) is 11.1 Å². The van der Waals surface area contributed by atoms with Crippen LogP contribution in [0.4, 0.5) is 5.82 Å². The number of hydrogen-bond donors (Lipinski definition) is 1. The van der Waals surface area contributed by atoms with Gasteiger partial charge in [0, 0.05) is 29.4 Å². The Hall–Kier alpha value is -2.96. The number of ether oxygens (including phenoxy) is 1. The van der Waals surface area contributed by atoms with E-state index in [9.17, 15) is 9.59 Å². The summed E-state index contributed by atoms with van der Waals surface area (Å²) in [7, 11) is 0. The quantitative estimate of drug-likeness (QED) is 0.491. The average molecular weight is 416 g/mol. The molecule has 0 spiro atoms. The molecule has 0 aliphatic carbocycles. The highest BCUT2D eigenvalue weighted by molar-refractivity contribution is 6.37. The molecule has 1 N–H and O–H groups in total. The SMILES string of the molecule is Cc1c(Cl)cnc(NC(=O)COC(=O)C=Cc2cccc3cccnc23)c1Cl. The van der Waals surface area contributed by atoms with Crippen LogP contribution in [0.25, 0.3) is 17.0 Å². The number of amides is 1. The molecule has 1 amide bonds. The summed E-state index contributed by atoms with van der Waals surface area (Å²) >= 11 is 12.0. The van der Waals surface area contributed by atoms with E-state index in [1.165, 1.54) is 12.3 Å². The van der Waals surface area contributed by atoms with Crippen molar-refractivity contribution in [3.63, 3.8) is 0 Å². The lowest BCUT2D eigenvalue weighted by Gasteiger charge is -2.09. The minimum atomic E-state index is -0.658. The van der Waals surface area contributed by atoms with E-state index >= 15 is 0 Å². The van der Waals surface area contributed by atoms with Gasteiger partial charge in [-0.3, -0.25) is 9.78 Å². The Morgan fingerprint density at radius 2 is 1.96 bits per heavy atom. The summed E-state index contributed by atoms with van der Waals surface area (Å²) in [5.74, 6) is -1.07. The van der Waals surface area contributed by atoms with Crippen LogP contribution in [0, 0.1) is 6.92 Å². The maximum atomic E-state index is 12.0. The fraction of sp³-hybridized carbons (Fsp3) is 0.100. The zero-order valence-electron chi connectivity index (χ0n) is 14.8. The second kappa shape index (κ2) is 8.82. The van der Waals surface area contributed by atoms with E-state index in [1.54, 1.807) is 19.2 Å². The number of halogens is 2. The molecule has 0 atom stereocenters. The van der Waals surface area contributed by atoms with Crippen molar-refractivity contribution >= 4 is 57.9 Å². The zero-order chi connectivity index (χ0) is 20.1. The number of pyridine rings is 2. The van der Waals surface area contributed by atoms with Crippen LogP contribution in [0.2, 0.25) is 10.0 Å². The molecule has 0 aliphatic heterocycles. The van der Waals surface area contributed by atoms with Crippen LogP contribution in [0.15, 0.2) is 48.8 Å². The molecular weight excluding hydrogens is 401 g/mol. The number of rotatable bonds is 5. The molecule has 2 heterocycles. The van der Waals surface area contributed by atoms with Crippen LogP contribution in [-0.2, 0) is 14.3 Å². The molecular formula is C20H15Cl2N3O3. The van der Waals surface area contributed by atoms with Gasteiger partial charge in [-0.2, -0.15) is 0 Å². The van der Waals surface area contributed by atoms with Gasteiger partial charge in [0.2, 0.25) is 0 Å². The molecule has 0 bridgehead atoms. The number of aromatic nitrogens is 2. The van der Waals surface area contributed by atoms with Gasteiger partial charge in [0.1, 0.15) is 0 Å². The van der Waals surface area contributed by atoms with Crippen molar-refractivity contribution < 1.29 is 14.3 Å². The Morgan fingerprint density at radius 3 is 2.79 bits per heavy atom. The lowest BCUT2D eigenvalue weighted by Crippen LogP contribution is -2.21. The Labute approximate surface area is 171 Å². The first kappa shape index (κ1) is 19.8. The molecule has 0 unspecified atom stereocenters. The highest BCUT2D eigenvalue weighted by Crippen LogP contribution is 2.28. The predicted octanol–water partition coefficient (Wildman–Crippen LogP) is 4.44. The van der Waals surface area contributed by atoms with Crippen molar-refractivity contribution in [1.82, 2.24) is 9.97 Å². The fourth-order valence-electron chi connectivity index (χ4n) is 2.42. The van der Waals surface area contributed by atoms with Gasteiger partial charge >= 0.3 is 5.97 Å². The number of benzene rings is 1. The summed E-state index contributed by atoms with van der Waals surface area (Å²) in [4.78, 5) is 32.1. The molecule has 2 aromatic heterocycles. The van der Waals surface area contributed by atoms with Crippen LogP contribution in [-0.4, -0.2) is 28.5 Å². The summed E-state index contributed by atoms with van der Waals surface area (Å²) in [6.07, 6.45) is 5.90. The molecule has 0 saturated heterocycles. The lowest BCUT2D eigenvalue weighted by molar-refractivity contribution is -0.142. The zero-order valence-corrected chi connectivity index (χ0v) is 16.3. The first-order chi connectivity index (χ1) is 13.5. The fourth-order valence-corrected chi connectivity index (χ4v) is 2.81. The van der Waals surface area contributed by atoms with Gasteiger partial charge in [-0.1, -0.05) is 47.5 Å². The Balaban J connectivity index is 1.59. The Kier molecular flexibility index (Phi) is 6.23. The molecule has 0 fully saturated rings. The maximum Gasteiger partial charge on any atom is 0.331 e. The largest absolute Gasteiger partial charge is 0.452 e. The van der Waals surface area contributed by atoms with Gasteiger partial charge < -0.3 is 10.1 Å². The number of nitrogens with one attached hydrogen (secondary N) is 1. The van der Waals surface area contributed by atoms with Crippen LogP contribution >= 0.6 is 23.2 Å². The number of nitrogens with zero attached hydrogens (tertiary/aromatic N) is 2. The van der Waals surface area contributed by atoms with Crippen molar-refractivity contribution in [2.45, 2.75) is 6.92 Å². The van der Waals surface area contributed by atoms with E-state index in [0.717, 1.165) is 16.5 Å². The van der Waals surface area contributed by atoms with E-state index in [4.69, 9.17) is 27.9 Å². The van der Waals surface area contributed by atoms with E-state index < -0.39 is 18.5 Å². The second-order valence-electron chi connectivity index (χ2n) is 5.81. The summed E-state index contributed by atoms with van der Waals surface area (Å²) in [5.41, 5.74) is 2.13. The molecule has 0 saturated carbocycles. The third-order valence-corrected chi connectivity index (χ3v) is 4.71.